The minimum atomic E-state index is -1.57. The van der Waals surface area contributed by atoms with E-state index in [-0.39, 0.29) is 29.9 Å². The van der Waals surface area contributed by atoms with Crippen molar-refractivity contribution in [2.75, 3.05) is 13.2 Å². The first-order valence-corrected chi connectivity index (χ1v) is 17.6. The van der Waals surface area contributed by atoms with Gasteiger partial charge in [0.1, 0.15) is 12.4 Å². The Morgan fingerprint density at radius 1 is 0.902 bits per heavy atom. The first-order chi connectivity index (χ1) is 19.6. The zero-order valence-electron chi connectivity index (χ0n) is 24.7. The Bertz CT molecular complexity index is 1340. The lowest BCUT2D eigenvalue weighted by Crippen LogP contribution is -2.40. The van der Waals surface area contributed by atoms with E-state index in [0.717, 1.165) is 19.3 Å². The molecule has 0 saturated heterocycles. The maximum absolute atomic E-state index is 15.5. The number of aliphatic hydroxyl groups is 1. The topological polar surface area (TPSA) is 55.8 Å². The summed E-state index contributed by atoms with van der Waals surface area (Å²) in [7, 11) is -1.57. The van der Waals surface area contributed by atoms with E-state index in [1.165, 1.54) is 17.7 Å². The highest BCUT2D eigenvalue weighted by molar-refractivity contribution is 6.89. The highest BCUT2D eigenvalue weighted by atomic mass is 28.3. The van der Waals surface area contributed by atoms with Gasteiger partial charge in [-0.05, 0) is 49.4 Å². The molecule has 7 heteroatoms. The average Bonchev–Trinajstić information content (AvgIpc) is 2.96. The van der Waals surface area contributed by atoms with Crippen LogP contribution in [0, 0.1) is 11.6 Å². The largest absolute Gasteiger partial charge is 0.493 e. The summed E-state index contributed by atoms with van der Waals surface area (Å²) in [5, 5.41) is 10.3. The third-order valence-corrected chi connectivity index (χ3v) is 10.9. The van der Waals surface area contributed by atoms with Crippen molar-refractivity contribution >= 4 is 19.2 Å². The molecule has 220 valence electrons. The van der Waals surface area contributed by atoms with E-state index >= 15 is 8.78 Å². The Labute approximate surface area is 244 Å². The number of hydrogen-bond donors (Lipinski definition) is 1. The van der Waals surface area contributed by atoms with Crippen LogP contribution in [-0.2, 0) is 16.1 Å². The van der Waals surface area contributed by atoms with Crippen molar-refractivity contribution in [2.45, 2.75) is 71.7 Å². The Kier molecular flexibility index (Phi) is 11.9. The van der Waals surface area contributed by atoms with Crippen LogP contribution in [0.4, 0.5) is 8.78 Å². The predicted octanol–water partition coefficient (Wildman–Crippen LogP) is 8.18. The molecule has 1 N–H and O–H groups in total. The van der Waals surface area contributed by atoms with Gasteiger partial charge in [0.15, 0.2) is 11.6 Å². The van der Waals surface area contributed by atoms with Crippen molar-refractivity contribution in [1.29, 1.82) is 0 Å². The molecule has 4 nitrogen and oxygen atoms in total. The minimum Gasteiger partial charge on any atom is -0.493 e. The van der Waals surface area contributed by atoms with Crippen LogP contribution >= 0.6 is 0 Å². The quantitative estimate of drug-likeness (QED) is 0.0853. The van der Waals surface area contributed by atoms with Gasteiger partial charge in [-0.3, -0.25) is 0 Å². The number of carbonyl (C=O) groups excluding carboxylic acids is 1. The van der Waals surface area contributed by atoms with E-state index in [0.29, 0.717) is 35.5 Å². The third kappa shape index (κ3) is 8.60. The van der Waals surface area contributed by atoms with E-state index in [1.54, 1.807) is 37.3 Å². The van der Waals surface area contributed by atoms with Gasteiger partial charge in [-0.25, -0.2) is 13.6 Å². The van der Waals surface area contributed by atoms with Crippen molar-refractivity contribution in [2.24, 2.45) is 0 Å². The summed E-state index contributed by atoms with van der Waals surface area (Å²) in [6.45, 7) is 12.5. The number of unbranched alkanes of at least 4 members (excludes halogenated alkanes) is 3. The Hall–Kier alpha value is -3.29. The number of hydrogen-bond acceptors (Lipinski definition) is 4. The van der Waals surface area contributed by atoms with Gasteiger partial charge in [-0.15, -0.1) is 0 Å². The van der Waals surface area contributed by atoms with Gasteiger partial charge in [0, 0.05) is 28.9 Å². The fourth-order valence-corrected chi connectivity index (χ4v) is 7.29. The number of benzene rings is 3. The molecule has 3 aromatic carbocycles. The highest BCUT2D eigenvalue weighted by Gasteiger charge is 2.23. The lowest BCUT2D eigenvalue weighted by Gasteiger charge is -2.23. The van der Waals surface area contributed by atoms with Crippen LogP contribution in [0.3, 0.4) is 0 Å². The molecule has 0 atom stereocenters. The summed E-state index contributed by atoms with van der Waals surface area (Å²) in [5.74, 6) is -1.90. The van der Waals surface area contributed by atoms with E-state index < -0.39 is 25.7 Å². The predicted molar refractivity (Wildman–Crippen MR) is 165 cm³/mol. The third-order valence-electron chi connectivity index (χ3n) is 7.35. The van der Waals surface area contributed by atoms with Gasteiger partial charge >= 0.3 is 5.97 Å². The Morgan fingerprint density at radius 2 is 1.54 bits per heavy atom. The number of esters is 1. The smallest absolute Gasteiger partial charge is 0.333 e. The molecule has 0 saturated carbocycles. The second kappa shape index (κ2) is 15.1. The second-order valence-electron chi connectivity index (χ2n) is 11.2. The molecule has 3 aromatic rings. The molecular weight excluding hydrogens is 538 g/mol. The monoisotopic (exact) mass is 580 g/mol. The molecule has 0 amide bonds. The number of rotatable bonds is 15. The van der Waals surface area contributed by atoms with E-state index in [2.05, 4.69) is 38.7 Å². The molecule has 0 bridgehead atoms. The van der Waals surface area contributed by atoms with Crippen LogP contribution < -0.4 is 9.92 Å². The molecule has 0 aliphatic rings. The minimum absolute atomic E-state index is 0.0992. The number of aliphatic hydroxyl groups excluding tert-OH is 1. The van der Waals surface area contributed by atoms with Crippen molar-refractivity contribution in [3.8, 4) is 28.0 Å². The van der Waals surface area contributed by atoms with Gasteiger partial charge in [-0.2, -0.15) is 0 Å². The standard InChI is InChI=1S/C34H42F2O4Si/c1-6-7-21-41(4,5)28-14-11-25(12-15-28)29-16-17-30(33(36)32(29)35)26-13-18-31(39-20-10-8-9-19-37)27(22-26)23-40-34(38)24(2)3/h11-18,22,37H,2,6-10,19-21,23H2,1,3-5H3. The first kappa shape index (κ1) is 32.2. The van der Waals surface area contributed by atoms with Crippen LogP contribution in [0.15, 0.2) is 66.7 Å². The van der Waals surface area contributed by atoms with Crippen LogP contribution in [0.1, 0.15) is 51.5 Å². The summed E-state index contributed by atoms with van der Waals surface area (Å²) in [4.78, 5) is 12.0. The summed E-state index contributed by atoms with van der Waals surface area (Å²) in [5.41, 5.74) is 2.20. The molecule has 0 heterocycles. The van der Waals surface area contributed by atoms with E-state index in [1.807, 2.05) is 12.1 Å². The van der Waals surface area contributed by atoms with Crippen LogP contribution in [0.25, 0.3) is 22.3 Å². The summed E-state index contributed by atoms with van der Waals surface area (Å²) in [6.07, 6.45) is 4.60. The van der Waals surface area contributed by atoms with Crippen LogP contribution in [0.2, 0.25) is 19.1 Å². The lowest BCUT2D eigenvalue weighted by molar-refractivity contribution is -0.140. The lowest BCUT2D eigenvalue weighted by atomic mass is 9.97. The van der Waals surface area contributed by atoms with Crippen molar-refractivity contribution in [1.82, 2.24) is 0 Å². The fraction of sp³-hybridized carbons (Fsp3) is 0.382. The number of ether oxygens (including phenoxy) is 2. The zero-order valence-corrected chi connectivity index (χ0v) is 25.7. The van der Waals surface area contributed by atoms with Crippen molar-refractivity contribution in [3.05, 3.63) is 83.9 Å². The molecule has 3 rings (SSSR count). The number of halogens is 2. The molecule has 0 radical (unpaired) electrons. The highest BCUT2D eigenvalue weighted by Crippen LogP contribution is 2.34. The SMILES string of the molecule is C=C(C)C(=O)OCc1cc(-c2ccc(-c3ccc([Si](C)(C)CCCC)cc3)c(F)c2F)ccc1OCCCCCO. The maximum Gasteiger partial charge on any atom is 0.333 e. The van der Waals surface area contributed by atoms with E-state index in [9.17, 15) is 4.79 Å². The normalized spacial score (nSPS) is 11.4. The summed E-state index contributed by atoms with van der Waals surface area (Å²) < 4.78 is 42.2. The molecule has 0 aliphatic carbocycles. The number of carbonyl (C=O) groups is 1. The van der Waals surface area contributed by atoms with Gasteiger partial charge in [0.25, 0.3) is 0 Å². The van der Waals surface area contributed by atoms with Gasteiger partial charge < -0.3 is 14.6 Å². The zero-order chi connectivity index (χ0) is 30.0. The summed E-state index contributed by atoms with van der Waals surface area (Å²) >= 11 is 0. The van der Waals surface area contributed by atoms with Gasteiger partial charge in [-0.1, -0.05) is 93.1 Å². The Morgan fingerprint density at radius 3 is 2.15 bits per heavy atom. The molecule has 0 aromatic heterocycles. The molecule has 41 heavy (non-hydrogen) atoms. The second-order valence-corrected chi connectivity index (χ2v) is 16.0. The molecule has 0 aliphatic heterocycles. The maximum atomic E-state index is 15.5. The first-order valence-electron chi connectivity index (χ1n) is 14.4. The van der Waals surface area contributed by atoms with Crippen LogP contribution in [0.5, 0.6) is 5.75 Å². The molecule has 0 spiro atoms. The molecule has 0 fully saturated rings. The Balaban J connectivity index is 1.88. The van der Waals surface area contributed by atoms with Gasteiger partial charge in [0.2, 0.25) is 0 Å². The van der Waals surface area contributed by atoms with Crippen molar-refractivity contribution < 1.29 is 28.2 Å². The van der Waals surface area contributed by atoms with Gasteiger partial charge in [0.05, 0.1) is 14.7 Å². The average molecular weight is 581 g/mol. The summed E-state index contributed by atoms with van der Waals surface area (Å²) in [6, 6.07) is 17.3. The fourth-order valence-electron chi connectivity index (χ4n) is 4.70. The molecular formula is C34H42F2O4Si. The molecule has 0 unspecified atom stereocenters. The van der Waals surface area contributed by atoms with E-state index in [4.69, 9.17) is 14.6 Å². The van der Waals surface area contributed by atoms with Crippen molar-refractivity contribution in [3.63, 3.8) is 0 Å². The van der Waals surface area contributed by atoms with Crippen LogP contribution in [-0.4, -0.2) is 32.4 Å².